The quantitative estimate of drug-likeness (QED) is 0.811. The van der Waals surface area contributed by atoms with Gasteiger partial charge in [-0.15, -0.1) is 10.2 Å². The number of carbonyl (C=O) groups is 1. The van der Waals surface area contributed by atoms with Gasteiger partial charge in [-0.05, 0) is 12.8 Å². The molecule has 1 aromatic rings. The summed E-state index contributed by atoms with van der Waals surface area (Å²) in [6, 6.07) is 0. The minimum absolute atomic E-state index is 0.169. The van der Waals surface area contributed by atoms with Crippen LogP contribution < -0.4 is 0 Å². The van der Waals surface area contributed by atoms with Crippen molar-refractivity contribution in [3.8, 4) is 0 Å². The first-order valence-corrected chi connectivity index (χ1v) is 6.91. The molecule has 0 saturated carbocycles. The molecule has 2 heterocycles. The Morgan fingerprint density at radius 2 is 2.33 bits per heavy atom. The van der Waals surface area contributed by atoms with Gasteiger partial charge in [0.15, 0.2) is 5.16 Å². The number of hydrogen-bond donors (Lipinski definition) is 1. The molecule has 18 heavy (non-hydrogen) atoms. The first kappa shape index (κ1) is 13.4. The van der Waals surface area contributed by atoms with Crippen molar-refractivity contribution in [2.45, 2.75) is 42.6 Å². The number of carboxylic acids is 1. The highest BCUT2D eigenvalue weighted by Gasteiger charge is 2.23. The van der Waals surface area contributed by atoms with Crippen LogP contribution >= 0.6 is 11.8 Å². The van der Waals surface area contributed by atoms with E-state index in [1.165, 1.54) is 25.3 Å². The van der Waals surface area contributed by atoms with Crippen molar-refractivity contribution < 1.29 is 14.6 Å². The summed E-state index contributed by atoms with van der Waals surface area (Å²) >= 11 is 1.22. The van der Waals surface area contributed by atoms with Gasteiger partial charge in [0.05, 0.1) is 6.61 Å². The molecule has 1 aliphatic rings. The van der Waals surface area contributed by atoms with Crippen LogP contribution in [-0.4, -0.2) is 44.8 Å². The smallest absolute Gasteiger partial charge is 0.319 e. The van der Waals surface area contributed by atoms with Crippen LogP contribution in [-0.2, 0) is 22.5 Å². The van der Waals surface area contributed by atoms with Crippen molar-refractivity contribution in [2.24, 2.45) is 0 Å². The highest BCUT2D eigenvalue weighted by atomic mass is 32.2. The van der Waals surface area contributed by atoms with Crippen LogP contribution in [0.25, 0.3) is 0 Å². The van der Waals surface area contributed by atoms with E-state index >= 15 is 0 Å². The molecule has 0 radical (unpaired) electrons. The minimum atomic E-state index is -0.882. The zero-order valence-electron chi connectivity index (χ0n) is 10.3. The SMILES string of the molecule is COCC(Sc1nnc2n1CCCCC2)C(=O)O. The van der Waals surface area contributed by atoms with E-state index in [9.17, 15) is 4.79 Å². The van der Waals surface area contributed by atoms with Crippen LogP contribution in [0, 0.1) is 0 Å². The van der Waals surface area contributed by atoms with Gasteiger partial charge in [-0.1, -0.05) is 18.2 Å². The summed E-state index contributed by atoms with van der Waals surface area (Å²) in [5, 5.41) is 17.4. The molecule has 1 aromatic heterocycles. The van der Waals surface area contributed by atoms with Gasteiger partial charge < -0.3 is 14.4 Å². The highest BCUT2D eigenvalue weighted by Crippen LogP contribution is 2.25. The summed E-state index contributed by atoms with van der Waals surface area (Å²) in [5.41, 5.74) is 0. The fourth-order valence-electron chi connectivity index (χ4n) is 1.98. The van der Waals surface area contributed by atoms with Crippen LogP contribution in [0.15, 0.2) is 5.16 Å². The number of rotatable bonds is 5. The number of methoxy groups -OCH3 is 1. The van der Waals surface area contributed by atoms with Gasteiger partial charge in [0, 0.05) is 20.1 Å². The molecule has 2 rings (SSSR count). The van der Waals surface area contributed by atoms with E-state index in [1.807, 2.05) is 4.57 Å². The predicted octanol–water partition coefficient (Wildman–Crippen LogP) is 1.20. The molecule has 0 fully saturated rings. The number of aromatic nitrogens is 3. The van der Waals surface area contributed by atoms with Crippen LogP contribution in [0.4, 0.5) is 0 Å². The van der Waals surface area contributed by atoms with E-state index in [1.54, 1.807) is 0 Å². The van der Waals surface area contributed by atoms with Gasteiger partial charge in [0.2, 0.25) is 0 Å². The largest absolute Gasteiger partial charge is 0.480 e. The third-order valence-electron chi connectivity index (χ3n) is 2.92. The van der Waals surface area contributed by atoms with Crippen molar-refractivity contribution in [3.63, 3.8) is 0 Å². The maximum atomic E-state index is 11.1. The molecule has 1 aliphatic heterocycles. The summed E-state index contributed by atoms with van der Waals surface area (Å²) in [5.74, 6) is 0.0874. The van der Waals surface area contributed by atoms with Crippen molar-refractivity contribution >= 4 is 17.7 Å². The Kier molecular flexibility index (Phi) is 4.60. The minimum Gasteiger partial charge on any atom is -0.480 e. The van der Waals surface area contributed by atoms with Crippen molar-refractivity contribution in [1.29, 1.82) is 0 Å². The molecule has 0 aliphatic carbocycles. The second-order valence-electron chi connectivity index (χ2n) is 4.26. The van der Waals surface area contributed by atoms with Gasteiger partial charge in [0.25, 0.3) is 0 Å². The molecule has 1 unspecified atom stereocenters. The maximum absolute atomic E-state index is 11.1. The van der Waals surface area contributed by atoms with Gasteiger partial charge in [0.1, 0.15) is 11.1 Å². The number of aliphatic carboxylic acids is 1. The predicted molar refractivity (Wildman–Crippen MR) is 66.7 cm³/mol. The van der Waals surface area contributed by atoms with Crippen LogP contribution in [0.5, 0.6) is 0 Å². The maximum Gasteiger partial charge on any atom is 0.319 e. The van der Waals surface area contributed by atoms with Gasteiger partial charge >= 0.3 is 5.97 Å². The van der Waals surface area contributed by atoms with Crippen molar-refractivity contribution in [3.05, 3.63) is 5.82 Å². The normalized spacial score (nSPS) is 16.9. The number of fused-ring (bicyclic) bond motifs is 1. The monoisotopic (exact) mass is 271 g/mol. The summed E-state index contributed by atoms with van der Waals surface area (Å²) < 4.78 is 6.97. The Balaban J connectivity index is 2.13. The summed E-state index contributed by atoms with van der Waals surface area (Å²) in [4.78, 5) is 11.1. The number of hydrogen-bond acceptors (Lipinski definition) is 5. The number of aryl methyl sites for hydroxylation is 1. The Bertz CT molecular complexity index is 422. The zero-order chi connectivity index (χ0) is 13.0. The summed E-state index contributed by atoms with van der Waals surface area (Å²) in [7, 11) is 1.50. The van der Waals surface area contributed by atoms with Crippen LogP contribution in [0.2, 0.25) is 0 Å². The van der Waals surface area contributed by atoms with E-state index in [-0.39, 0.29) is 6.61 Å². The number of carboxylic acid groups (broad SMARTS) is 1. The molecule has 0 aromatic carbocycles. The number of nitrogens with zero attached hydrogens (tertiary/aromatic N) is 3. The zero-order valence-corrected chi connectivity index (χ0v) is 11.2. The van der Waals surface area contributed by atoms with Gasteiger partial charge in [-0.3, -0.25) is 4.79 Å². The average molecular weight is 271 g/mol. The van der Waals surface area contributed by atoms with Crippen LogP contribution in [0.3, 0.4) is 0 Å². The molecular weight excluding hydrogens is 254 g/mol. The third kappa shape index (κ3) is 3.02. The Labute approximate surface area is 110 Å². The third-order valence-corrected chi connectivity index (χ3v) is 4.05. The second kappa shape index (κ2) is 6.19. The average Bonchev–Trinajstić information content (AvgIpc) is 2.58. The topological polar surface area (TPSA) is 77.2 Å². The lowest BCUT2D eigenvalue weighted by Gasteiger charge is -2.11. The summed E-state index contributed by atoms with van der Waals surface area (Å²) in [6.07, 6.45) is 4.34. The van der Waals surface area contributed by atoms with E-state index < -0.39 is 11.2 Å². The fraction of sp³-hybridized carbons (Fsp3) is 0.727. The Hall–Kier alpha value is -1.08. The number of ether oxygens (including phenoxy) is 1. The molecule has 100 valence electrons. The standard InChI is InChI=1S/C11H17N3O3S/c1-17-7-8(10(15)16)18-11-13-12-9-5-3-2-4-6-14(9)11/h8H,2-7H2,1H3,(H,15,16). The lowest BCUT2D eigenvalue weighted by molar-refractivity contribution is -0.137. The molecule has 0 bridgehead atoms. The molecule has 0 spiro atoms. The van der Waals surface area contributed by atoms with Gasteiger partial charge in [-0.2, -0.15) is 0 Å². The number of thioether (sulfide) groups is 1. The lowest BCUT2D eigenvalue weighted by atomic mass is 10.2. The van der Waals surface area contributed by atoms with E-state index in [2.05, 4.69) is 10.2 Å². The van der Waals surface area contributed by atoms with E-state index in [0.717, 1.165) is 31.6 Å². The molecule has 0 amide bonds. The van der Waals surface area contributed by atoms with Gasteiger partial charge in [-0.25, -0.2) is 0 Å². The van der Waals surface area contributed by atoms with E-state index in [0.29, 0.717) is 5.16 Å². The first-order valence-electron chi connectivity index (χ1n) is 6.03. The molecule has 1 N–H and O–H groups in total. The molecule has 7 heteroatoms. The first-order chi connectivity index (χ1) is 8.72. The summed E-state index contributed by atoms with van der Waals surface area (Å²) in [6.45, 7) is 1.05. The molecule has 0 saturated heterocycles. The fourth-order valence-corrected chi connectivity index (χ4v) is 2.95. The van der Waals surface area contributed by atoms with Crippen molar-refractivity contribution in [2.75, 3.05) is 13.7 Å². The molecular formula is C11H17N3O3S. The van der Waals surface area contributed by atoms with Crippen molar-refractivity contribution in [1.82, 2.24) is 14.8 Å². The Morgan fingerprint density at radius 1 is 1.50 bits per heavy atom. The molecule has 6 nitrogen and oxygen atoms in total. The van der Waals surface area contributed by atoms with Crippen LogP contribution in [0.1, 0.15) is 25.1 Å². The Morgan fingerprint density at radius 3 is 3.06 bits per heavy atom. The molecule has 1 atom stereocenters. The highest BCUT2D eigenvalue weighted by molar-refractivity contribution is 8.00. The second-order valence-corrected chi connectivity index (χ2v) is 5.43. The lowest BCUT2D eigenvalue weighted by Crippen LogP contribution is -2.22. The van der Waals surface area contributed by atoms with E-state index in [4.69, 9.17) is 9.84 Å².